The van der Waals surface area contributed by atoms with Crippen molar-refractivity contribution in [2.75, 3.05) is 0 Å². The number of Topliss-reactive ketones (excluding diaryl/α,β-unsaturated/α-hetero) is 1. The minimum Gasteiger partial charge on any atom is -0.386 e. The Kier molecular flexibility index (Phi) is 4.60. The van der Waals surface area contributed by atoms with Gasteiger partial charge in [0.25, 0.3) is 0 Å². The molecule has 0 radical (unpaired) electrons. The standard InChI is InChI=1S/C25H36O3/c1-15-12-20(28-19-13-16(2)18(26)14-17(15)19)22-24(5)10-7-9-23(3,4)21(24)8-11-25(22,6)27/h8,11,13,17,19-22,27H,1,7,9-10,12,14H2,2-6H3/t17-,19-,20-,21+,22-,24+,25-/m1/s1. The van der Waals surface area contributed by atoms with Crippen LogP contribution in [-0.2, 0) is 9.53 Å². The van der Waals surface area contributed by atoms with Crippen molar-refractivity contribution < 1.29 is 14.6 Å². The predicted octanol–water partition coefficient (Wildman–Crippen LogP) is 5.01. The fourth-order valence-electron chi connectivity index (χ4n) is 7.12. The van der Waals surface area contributed by atoms with Crippen molar-refractivity contribution >= 4 is 5.78 Å². The summed E-state index contributed by atoms with van der Waals surface area (Å²) in [7, 11) is 0. The van der Waals surface area contributed by atoms with Crippen LogP contribution in [0.5, 0.6) is 0 Å². The van der Waals surface area contributed by atoms with Crippen LogP contribution in [0.1, 0.15) is 66.7 Å². The highest BCUT2D eigenvalue weighted by Gasteiger charge is 2.59. The number of allylic oxidation sites excluding steroid dienone is 2. The van der Waals surface area contributed by atoms with Gasteiger partial charge in [0.2, 0.25) is 0 Å². The van der Waals surface area contributed by atoms with Crippen LogP contribution in [-0.4, -0.2) is 28.7 Å². The van der Waals surface area contributed by atoms with Gasteiger partial charge in [0.15, 0.2) is 5.78 Å². The first-order chi connectivity index (χ1) is 13.0. The topological polar surface area (TPSA) is 46.5 Å². The van der Waals surface area contributed by atoms with Gasteiger partial charge in [0.1, 0.15) is 0 Å². The minimum atomic E-state index is -0.903. The van der Waals surface area contributed by atoms with Crippen molar-refractivity contribution in [3.63, 3.8) is 0 Å². The number of rotatable bonds is 1. The molecule has 7 atom stereocenters. The van der Waals surface area contributed by atoms with Crippen LogP contribution >= 0.6 is 0 Å². The molecule has 1 saturated carbocycles. The van der Waals surface area contributed by atoms with Crippen molar-refractivity contribution in [3.05, 3.63) is 36.0 Å². The van der Waals surface area contributed by atoms with E-state index >= 15 is 0 Å². The van der Waals surface area contributed by atoms with Crippen molar-refractivity contribution in [2.24, 2.45) is 28.6 Å². The molecule has 1 heterocycles. The van der Waals surface area contributed by atoms with Crippen molar-refractivity contribution in [2.45, 2.75) is 84.5 Å². The molecular formula is C25H36O3. The molecule has 1 saturated heterocycles. The Morgan fingerprint density at radius 1 is 1.18 bits per heavy atom. The molecule has 1 N–H and O–H groups in total. The normalized spacial score (nSPS) is 47.9. The number of ketones is 1. The lowest BCUT2D eigenvalue weighted by Gasteiger charge is -2.61. The molecular weight excluding hydrogens is 348 g/mol. The van der Waals surface area contributed by atoms with Gasteiger partial charge >= 0.3 is 0 Å². The van der Waals surface area contributed by atoms with Gasteiger partial charge in [-0.05, 0) is 61.5 Å². The molecule has 0 bridgehead atoms. The zero-order valence-electron chi connectivity index (χ0n) is 18.1. The van der Waals surface area contributed by atoms with E-state index in [0.717, 1.165) is 24.0 Å². The molecule has 0 aromatic heterocycles. The van der Waals surface area contributed by atoms with E-state index in [1.54, 1.807) is 0 Å². The molecule has 0 unspecified atom stereocenters. The lowest BCUT2D eigenvalue weighted by atomic mass is 9.46. The number of aliphatic hydroxyl groups is 1. The Hall–Kier alpha value is -1.19. The Balaban J connectivity index is 1.72. The largest absolute Gasteiger partial charge is 0.386 e. The molecule has 4 aliphatic rings. The molecule has 0 aromatic carbocycles. The molecule has 3 nitrogen and oxygen atoms in total. The Labute approximate surface area is 169 Å². The highest BCUT2D eigenvalue weighted by atomic mass is 16.5. The molecule has 0 aromatic rings. The smallest absolute Gasteiger partial charge is 0.159 e. The fraction of sp³-hybridized carbons (Fsp3) is 0.720. The van der Waals surface area contributed by atoms with Gasteiger partial charge in [-0.3, -0.25) is 4.79 Å². The maximum atomic E-state index is 12.2. The minimum absolute atomic E-state index is 0.0126. The summed E-state index contributed by atoms with van der Waals surface area (Å²) in [5.74, 6) is 0.735. The molecule has 0 amide bonds. The number of hydrogen-bond donors (Lipinski definition) is 1. The highest BCUT2D eigenvalue weighted by Crippen LogP contribution is 2.61. The summed E-state index contributed by atoms with van der Waals surface area (Å²) < 4.78 is 6.65. The third-order valence-corrected chi connectivity index (χ3v) is 8.40. The number of hydrogen-bond acceptors (Lipinski definition) is 3. The van der Waals surface area contributed by atoms with Crippen LogP contribution in [0.25, 0.3) is 0 Å². The molecule has 154 valence electrons. The summed E-state index contributed by atoms with van der Waals surface area (Å²) in [6.45, 7) is 15.3. The predicted molar refractivity (Wildman–Crippen MR) is 112 cm³/mol. The Bertz CT molecular complexity index is 756. The van der Waals surface area contributed by atoms with E-state index in [0.29, 0.717) is 12.3 Å². The summed E-state index contributed by atoms with van der Waals surface area (Å²) in [5, 5.41) is 11.5. The van der Waals surface area contributed by atoms with E-state index in [1.807, 2.05) is 26.0 Å². The van der Waals surface area contributed by atoms with Gasteiger partial charge in [-0.25, -0.2) is 0 Å². The monoisotopic (exact) mass is 384 g/mol. The van der Waals surface area contributed by atoms with Gasteiger partial charge in [-0.15, -0.1) is 0 Å². The summed E-state index contributed by atoms with van der Waals surface area (Å²) in [4.78, 5) is 12.2. The van der Waals surface area contributed by atoms with Crippen LogP contribution in [0, 0.1) is 28.6 Å². The second-order valence-electron chi connectivity index (χ2n) is 11.0. The lowest BCUT2D eigenvalue weighted by molar-refractivity contribution is -0.181. The van der Waals surface area contributed by atoms with Gasteiger partial charge in [-0.1, -0.05) is 51.5 Å². The van der Waals surface area contributed by atoms with Gasteiger partial charge in [-0.2, -0.15) is 0 Å². The Morgan fingerprint density at radius 2 is 1.89 bits per heavy atom. The third-order valence-electron chi connectivity index (χ3n) is 8.40. The number of ether oxygens (including phenoxy) is 1. The van der Waals surface area contributed by atoms with Crippen LogP contribution in [0.4, 0.5) is 0 Å². The summed E-state index contributed by atoms with van der Waals surface area (Å²) in [5.41, 5.74) is 1.22. The summed E-state index contributed by atoms with van der Waals surface area (Å²) in [6.07, 6.45) is 10.9. The molecule has 2 fully saturated rings. The molecule has 3 aliphatic carbocycles. The third kappa shape index (κ3) is 2.97. The second kappa shape index (κ2) is 6.40. The molecule has 28 heavy (non-hydrogen) atoms. The van der Waals surface area contributed by atoms with Gasteiger partial charge in [0, 0.05) is 18.3 Å². The van der Waals surface area contributed by atoms with E-state index in [-0.39, 0.29) is 40.7 Å². The van der Waals surface area contributed by atoms with Crippen molar-refractivity contribution in [3.8, 4) is 0 Å². The van der Waals surface area contributed by atoms with Crippen LogP contribution < -0.4 is 0 Å². The lowest BCUT2D eigenvalue weighted by Crippen LogP contribution is -2.60. The maximum absolute atomic E-state index is 12.2. The average molecular weight is 385 g/mol. The van der Waals surface area contributed by atoms with Crippen molar-refractivity contribution in [1.29, 1.82) is 0 Å². The first kappa shape index (κ1) is 20.1. The van der Waals surface area contributed by atoms with E-state index in [9.17, 15) is 9.90 Å². The molecule has 0 spiro atoms. The SMILES string of the molecule is C=C1C[C@H]([C@@H]2[C@@]3(C)CCCC(C)(C)[C@@H]3C=C[C@@]2(C)O)O[C@@H]2C=C(C)C(=O)C[C@H]12. The molecule has 4 rings (SSSR count). The maximum Gasteiger partial charge on any atom is 0.159 e. The second-order valence-corrected chi connectivity index (χ2v) is 11.0. The van der Waals surface area contributed by atoms with Crippen LogP contribution in [0.3, 0.4) is 0 Å². The first-order valence-corrected chi connectivity index (χ1v) is 10.9. The van der Waals surface area contributed by atoms with Gasteiger partial charge in [0.05, 0.1) is 17.8 Å². The van der Waals surface area contributed by atoms with E-state index in [1.165, 1.54) is 12.8 Å². The van der Waals surface area contributed by atoms with E-state index in [4.69, 9.17) is 4.74 Å². The van der Waals surface area contributed by atoms with Crippen LogP contribution in [0.15, 0.2) is 36.0 Å². The fourth-order valence-corrected chi connectivity index (χ4v) is 7.12. The average Bonchev–Trinajstić information content (AvgIpc) is 2.54. The van der Waals surface area contributed by atoms with E-state index in [2.05, 4.69) is 33.4 Å². The number of carbonyl (C=O) groups excluding carboxylic acids is 1. The van der Waals surface area contributed by atoms with Crippen LogP contribution in [0.2, 0.25) is 0 Å². The molecule has 3 heteroatoms. The zero-order valence-corrected chi connectivity index (χ0v) is 18.1. The van der Waals surface area contributed by atoms with E-state index < -0.39 is 5.60 Å². The quantitative estimate of drug-likeness (QED) is 0.647. The highest BCUT2D eigenvalue weighted by molar-refractivity contribution is 5.96. The van der Waals surface area contributed by atoms with Crippen molar-refractivity contribution in [1.82, 2.24) is 0 Å². The number of fused-ring (bicyclic) bond motifs is 2. The molecule has 1 aliphatic heterocycles. The summed E-state index contributed by atoms with van der Waals surface area (Å²) >= 11 is 0. The first-order valence-electron chi connectivity index (χ1n) is 10.9. The Morgan fingerprint density at radius 3 is 2.61 bits per heavy atom. The summed E-state index contributed by atoms with van der Waals surface area (Å²) in [6, 6.07) is 0. The number of carbonyl (C=O) groups is 1. The zero-order chi connectivity index (χ0) is 20.5. The van der Waals surface area contributed by atoms with Gasteiger partial charge < -0.3 is 9.84 Å².